The van der Waals surface area contributed by atoms with Crippen LogP contribution in [0.15, 0.2) is 0 Å². The van der Waals surface area contributed by atoms with Gasteiger partial charge in [0.15, 0.2) is 0 Å². The summed E-state index contributed by atoms with van der Waals surface area (Å²) in [6.07, 6.45) is 5.71. The number of rotatable bonds is 14. The Kier molecular flexibility index (Phi) is 19.3. The van der Waals surface area contributed by atoms with E-state index in [4.69, 9.17) is 0 Å². The van der Waals surface area contributed by atoms with Crippen molar-refractivity contribution in [2.75, 3.05) is 46.1 Å². The highest BCUT2D eigenvalue weighted by atomic mass is 32.3. The van der Waals surface area contributed by atoms with Gasteiger partial charge in [-0.3, -0.25) is 13.5 Å². The van der Waals surface area contributed by atoms with Crippen LogP contribution >= 0.6 is 8.22 Å². The summed E-state index contributed by atoms with van der Waals surface area (Å²) >= 11 is 0. The van der Waals surface area contributed by atoms with E-state index in [-0.39, 0.29) is 14.8 Å². The van der Waals surface area contributed by atoms with Crippen LogP contribution in [0, 0.1) is 0 Å². The van der Waals surface area contributed by atoms with Crippen molar-refractivity contribution in [2.45, 2.75) is 67.2 Å². The minimum Gasteiger partial charge on any atom is -0.270 e. The number of hydrogen-bond acceptors (Lipinski definition) is 6. The molecule has 0 saturated carbocycles. The molecule has 0 radical (unpaired) electrons. The van der Waals surface area contributed by atoms with Crippen LogP contribution in [0.3, 0.4) is 0 Å². The Labute approximate surface area is 158 Å². The van der Waals surface area contributed by atoms with E-state index in [1.807, 2.05) is 6.92 Å². The fourth-order valence-corrected chi connectivity index (χ4v) is 5.46. The molecule has 0 aromatic carbocycles. The van der Waals surface area contributed by atoms with Crippen molar-refractivity contribution in [2.24, 2.45) is 0 Å². The zero-order chi connectivity index (χ0) is 19.7. The second-order valence-electron chi connectivity index (χ2n) is 5.48. The maximum atomic E-state index is 10.4. The molecular formula is C17H41N2O4PS. The lowest BCUT2D eigenvalue weighted by Gasteiger charge is -2.37. The molecule has 0 aromatic heterocycles. The summed E-state index contributed by atoms with van der Waals surface area (Å²) in [5, 5.41) is 0. The van der Waals surface area contributed by atoms with Crippen LogP contribution in [-0.2, 0) is 18.8 Å². The molecule has 0 spiro atoms. The molecule has 0 aliphatic heterocycles. The van der Waals surface area contributed by atoms with E-state index >= 15 is 0 Å². The number of hydrogen-bond donors (Lipinski definition) is 0. The molecule has 25 heavy (non-hydrogen) atoms. The van der Waals surface area contributed by atoms with Crippen molar-refractivity contribution in [3.63, 3.8) is 0 Å². The predicted octanol–water partition coefficient (Wildman–Crippen LogP) is 4.48. The fraction of sp³-hybridized carbons (Fsp3) is 1.00. The molecule has 154 valence electrons. The number of nitrogens with zero attached hydrogens (tertiary/aromatic N) is 2. The van der Waals surface area contributed by atoms with Crippen LogP contribution in [0.25, 0.3) is 0 Å². The van der Waals surface area contributed by atoms with Gasteiger partial charge in [-0.25, -0.2) is 4.18 Å². The van der Waals surface area contributed by atoms with Gasteiger partial charge in [-0.05, 0) is 19.0 Å². The maximum Gasteiger partial charge on any atom is 0.399 e. The lowest BCUT2D eigenvalue weighted by Crippen LogP contribution is -2.30. The standard InChI is InChI=1S/C12H29N2P.C5H12O4S/c1-6-11-12-15(13(7-2)8-3)14(9-4)10-5;1-3-4-5-9-10(6,7)8-2/h6-12H2,1-5H3;3-5H2,1-2H3. The molecule has 0 N–H and O–H groups in total. The molecule has 0 bridgehead atoms. The Morgan fingerprint density at radius 1 is 0.800 bits per heavy atom. The molecule has 0 fully saturated rings. The summed E-state index contributed by atoms with van der Waals surface area (Å²) in [6.45, 7) is 18.4. The first kappa shape index (κ1) is 27.4. The SMILES string of the molecule is CCCCOS(=O)(=O)OC.CCCCP(N(CC)CC)N(CC)CC. The third kappa shape index (κ3) is 14.0. The predicted molar refractivity (Wildman–Crippen MR) is 109 cm³/mol. The monoisotopic (exact) mass is 400 g/mol. The van der Waals surface area contributed by atoms with Crippen LogP contribution in [0.4, 0.5) is 0 Å². The zero-order valence-electron chi connectivity index (χ0n) is 17.5. The summed E-state index contributed by atoms with van der Waals surface area (Å²) in [4.78, 5) is 0. The molecule has 0 rings (SSSR count). The van der Waals surface area contributed by atoms with Crippen molar-refractivity contribution in [1.29, 1.82) is 0 Å². The average Bonchev–Trinajstić information content (AvgIpc) is 2.61. The molecule has 0 saturated heterocycles. The lowest BCUT2D eigenvalue weighted by molar-refractivity contribution is 0.240. The first-order chi connectivity index (χ1) is 11.9. The first-order valence-electron chi connectivity index (χ1n) is 9.59. The van der Waals surface area contributed by atoms with Crippen LogP contribution < -0.4 is 0 Å². The van der Waals surface area contributed by atoms with Crippen LogP contribution in [0.2, 0.25) is 0 Å². The van der Waals surface area contributed by atoms with Gasteiger partial charge in [0.1, 0.15) is 0 Å². The third-order valence-electron chi connectivity index (χ3n) is 3.75. The minimum atomic E-state index is -3.69. The lowest BCUT2D eigenvalue weighted by atomic mass is 10.4. The van der Waals surface area contributed by atoms with Crippen molar-refractivity contribution in [1.82, 2.24) is 9.34 Å². The van der Waals surface area contributed by atoms with Gasteiger partial charge in [0, 0.05) is 34.4 Å². The third-order valence-corrected chi connectivity index (χ3v) is 7.77. The second-order valence-corrected chi connectivity index (χ2v) is 9.19. The highest BCUT2D eigenvalue weighted by molar-refractivity contribution is 7.81. The Balaban J connectivity index is 0. The van der Waals surface area contributed by atoms with Crippen molar-refractivity contribution >= 4 is 18.6 Å². The molecule has 6 nitrogen and oxygen atoms in total. The average molecular weight is 401 g/mol. The number of unbranched alkanes of at least 4 members (excludes halogenated alkanes) is 2. The molecule has 0 atom stereocenters. The maximum absolute atomic E-state index is 10.4. The van der Waals surface area contributed by atoms with Gasteiger partial charge >= 0.3 is 10.4 Å². The Morgan fingerprint density at radius 3 is 1.56 bits per heavy atom. The molecule has 0 amide bonds. The first-order valence-corrected chi connectivity index (χ1v) is 12.4. The summed E-state index contributed by atoms with van der Waals surface area (Å²) in [5.74, 6) is 0. The van der Waals surface area contributed by atoms with Gasteiger partial charge in [-0.2, -0.15) is 8.42 Å². The summed E-state index contributed by atoms with van der Waals surface area (Å²) < 4.78 is 34.6. The molecule has 0 unspecified atom stereocenters. The molecule has 0 aromatic rings. The van der Waals surface area contributed by atoms with Crippen molar-refractivity contribution in [3.8, 4) is 0 Å². The summed E-state index contributed by atoms with van der Waals surface area (Å²) in [7, 11) is -2.65. The molecule has 0 aliphatic rings. The van der Waals surface area contributed by atoms with Crippen LogP contribution in [0.1, 0.15) is 67.2 Å². The highest BCUT2D eigenvalue weighted by Gasteiger charge is 2.20. The molecule has 8 heteroatoms. The van der Waals surface area contributed by atoms with Gasteiger partial charge in [-0.15, -0.1) is 0 Å². The highest BCUT2D eigenvalue weighted by Crippen LogP contribution is 2.44. The van der Waals surface area contributed by atoms with Gasteiger partial charge in [0.25, 0.3) is 0 Å². The van der Waals surface area contributed by atoms with Gasteiger partial charge in [-0.1, -0.05) is 54.4 Å². The topological polar surface area (TPSA) is 59.1 Å². The summed E-state index contributed by atoms with van der Waals surface area (Å²) in [6, 6.07) is 0. The van der Waals surface area contributed by atoms with E-state index in [2.05, 4.69) is 52.3 Å². The van der Waals surface area contributed by atoms with E-state index < -0.39 is 10.4 Å². The minimum absolute atomic E-state index is 0.0271. The molecule has 0 aliphatic carbocycles. The zero-order valence-corrected chi connectivity index (χ0v) is 19.2. The van der Waals surface area contributed by atoms with Crippen LogP contribution in [-0.4, -0.2) is 63.8 Å². The fourth-order valence-electron chi connectivity index (χ4n) is 2.21. The van der Waals surface area contributed by atoms with E-state index in [9.17, 15) is 8.42 Å². The largest absolute Gasteiger partial charge is 0.399 e. The normalized spacial score (nSPS) is 11.9. The van der Waals surface area contributed by atoms with Crippen molar-refractivity contribution < 1.29 is 16.8 Å². The van der Waals surface area contributed by atoms with Gasteiger partial charge in [0.2, 0.25) is 0 Å². The summed E-state index contributed by atoms with van der Waals surface area (Å²) in [5.41, 5.74) is 0. The van der Waals surface area contributed by atoms with E-state index in [1.54, 1.807) is 0 Å². The Hall–Kier alpha value is 0.220. The Bertz CT molecular complexity index is 363. The molecule has 0 heterocycles. The van der Waals surface area contributed by atoms with E-state index in [0.29, 0.717) is 0 Å². The van der Waals surface area contributed by atoms with Gasteiger partial charge in [0.05, 0.1) is 13.7 Å². The van der Waals surface area contributed by atoms with Crippen LogP contribution in [0.5, 0.6) is 0 Å². The Morgan fingerprint density at radius 2 is 1.24 bits per heavy atom. The van der Waals surface area contributed by atoms with Gasteiger partial charge < -0.3 is 0 Å². The molecular weight excluding hydrogens is 359 g/mol. The second kappa shape index (κ2) is 17.6. The smallest absolute Gasteiger partial charge is 0.270 e. The van der Waals surface area contributed by atoms with E-state index in [0.717, 1.165) is 20.0 Å². The van der Waals surface area contributed by atoms with E-state index in [1.165, 1.54) is 45.2 Å². The quantitative estimate of drug-likeness (QED) is 0.317. The van der Waals surface area contributed by atoms with Crippen molar-refractivity contribution in [3.05, 3.63) is 0 Å².